The molecule has 0 saturated heterocycles. The van der Waals surface area contributed by atoms with Crippen molar-refractivity contribution in [1.29, 1.82) is 0 Å². The minimum atomic E-state index is -4.56. The Kier molecular flexibility index (Phi) is 5.74. The van der Waals surface area contributed by atoms with Gasteiger partial charge in [-0.2, -0.15) is 13.2 Å². The van der Waals surface area contributed by atoms with E-state index < -0.39 is 17.8 Å². The number of para-hydroxylation sites is 1. The van der Waals surface area contributed by atoms with Crippen molar-refractivity contribution in [2.45, 2.75) is 12.7 Å². The third-order valence-electron chi connectivity index (χ3n) is 3.41. The van der Waals surface area contributed by atoms with E-state index in [4.69, 9.17) is 9.47 Å². The zero-order valence-electron chi connectivity index (χ0n) is 13.6. The van der Waals surface area contributed by atoms with Crippen LogP contribution in [0.1, 0.15) is 11.1 Å². The van der Waals surface area contributed by atoms with Gasteiger partial charge in [0.2, 0.25) is 0 Å². The minimum absolute atomic E-state index is 0.0559. The zero-order chi connectivity index (χ0) is 18.4. The van der Waals surface area contributed by atoms with E-state index >= 15 is 0 Å². The Balaban J connectivity index is 2.08. The molecule has 0 aromatic heterocycles. The number of hydrogen-bond donors (Lipinski definition) is 2. The van der Waals surface area contributed by atoms with Gasteiger partial charge in [-0.05, 0) is 30.3 Å². The Bertz CT molecular complexity index is 748. The number of anilines is 1. The molecule has 0 bridgehead atoms. The molecule has 2 N–H and O–H groups in total. The molecule has 0 fully saturated rings. The maximum atomic E-state index is 12.9. The van der Waals surface area contributed by atoms with Crippen molar-refractivity contribution in [3.05, 3.63) is 53.6 Å². The molecule has 0 aliphatic rings. The lowest BCUT2D eigenvalue weighted by atomic mass is 10.1. The van der Waals surface area contributed by atoms with Gasteiger partial charge in [-0.3, -0.25) is 0 Å². The van der Waals surface area contributed by atoms with Gasteiger partial charge in [0.1, 0.15) is 11.5 Å². The van der Waals surface area contributed by atoms with E-state index in [1.165, 1.54) is 32.4 Å². The Hall–Kier alpha value is -2.90. The number of rotatable bonds is 5. The number of alkyl halides is 3. The van der Waals surface area contributed by atoms with Gasteiger partial charge in [0.05, 0.1) is 25.5 Å². The molecule has 5 nitrogen and oxygen atoms in total. The number of amides is 2. The number of benzene rings is 2. The first-order valence-corrected chi connectivity index (χ1v) is 7.27. The topological polar surface area (TPSA) is 59.6 Å². The smallest absolute Gasteiger partial charge is 0.418 e. The first kappa shape index (κ1) is 18.4. The van der Waals surface area contributed by atoms with E-state index in [1.807, 2.05) is 0 Å². The molecule has 0 aliphatic heterocycles. The molecule has 2 aromatic carbocycles. The SMILES string of the molecule is COc1ccc(OC)c(CNC(=O)Nc2ccccc2C(F)(F)F)c1. The molecule has 0 unspecified atom stereocenters. The van der Waals surface area contributed by atoms with E-state index in [1.54, 1.807) is 18.2 Å². The molecule has 0 heterocycles. The number of halogens is 3. The summed E-state index contributed by atoms with van der Waals surface area (Å²) in [5.74, 6) is 1.09. The van der Waals surface area contributed by atoms with E-state index in [2.05, 4.69) is 10.6 Å². The van der Waals surface area contributed by atoms with Gasteiger partial charge in [-0.15, -0.1) is 0 Å². The second-order valence-electron chi connectivity index (χ2n) is 5.03. The van der Waals surface area contributed by atoms with Crippen molar-refractivity contribution in [2.24, 2.45) is 0 Å². The lowest BCUT2D eigenvalue weighted by molar-refractivity contribution is -0.136. The van der Waals surface area contributed by atoms with E-state index in [0.29, 0.717) is 17.1 Å². The van der Waals surface area contributed by atoms with Crippen molar-refractivity contribution in [2.75, 3.05) is 19.5 Å². The first-order valence-electron chi connectivity index (χ1n) is 7.27. The van der Waals surface area contributed by atoms with Crippen LogP contribution < -0.4 is 20.1 Å². The highest BCUT2D eigenvalue weighted by Gasteiger charge is 2.33. The third kappa shape index (κ3) is 4.79. The number of methoxy groups -OCH3 is 2. The summed E-state index contributed by atoms with van der Waals surface area (Å²) in [5.41, 5.74) is -0.602. The summed E-state index contributed by atoms with van der Waals surface area (Å²) in [6.07, 6.45) is -4.56. The average molecular weight is 354 g/mol. The molecule has 2 rings (SSSR count). The van der Waals surface area contributed by atoms with Crippen LogP contribution in [0.5, 0.6) is 11.5 Å². The Morgan fingerprint density at radius 2 is 1.80 bits per heavy atom. The molecular formula is C17H17F3N2O3. The number of carbonyl (C=O) groups excluding carboxylic acids is 1. The van der Waals surface area contributed by atoms with E-state index in [-0.39, 0.29) is 12.2 Å². The molecule has 8 heteroatoms. The van der Waals surface area contributed by atoms with Crippen LogP contribution in [-0.2, 0) is 12.7 Å². The predicted octanol–water partition coefficient (Wildman–Crippen LogP) is 4.04. The van der Waals surface area contributed by atoms with Crippen molar-refractivity contribution in [3.63, 3.8) is 0 Å². The molecule has 2 aromatic rings. The van der Waals surface area contributed by atoms with Crippen LogP contribution in [0.25, 0.3) is 0 Å². The second-order valence-corrected chi connectivity index (χ2v) is 5.03. The summed E-state index contributed by atoms with van der Waals surface area (Å²) in [7, 11) is 2.98. The lowest BCUT2D eigenvalue weighted by Crippen LogP contribution is -2.29. The third-order valence-corrected chi connectivity index (χ3v) is 3.41. The molecule has 2 amide bonds. The monoisotopic (exact) mass is 354 g/mol. The van der Waals surface area contributed by atoms with Crippen molar-refractivity contribution >= 4 is 11.7 Å². The maximum Gasteiger partial charge on any atom is 0.418 e. The van der Waals surface area contributed by atoms with Crippen molar-refractivity contribution in [3.8, 4) is 11.5 Å². The van der Waals surface area contributed by atoms with Gasteiger partial charge >= 0.3 is 12.2 Å². The quantitative estimate of drug-likeness (QED) is 0.852. The summed E-state index contributed by atoms with van der Waals surface area (Å²) in [6, 6.07) is 9.04. The molecular weight excluding hydrogens is 337 g/mol. The first-order chi connectivity index (χ1) is 11.8. The summed E-state index contributed by atoms with van der Waals surface area (Å²) >= 11 is 0. The maximum absolute atomic E-state index is 12.9. The molecule has 0 saturated carbocycles. The highest BCUT2D eigenvalue weighted by atomic mass is 19.4. The molecule has 25 heavy (non-hydrogen) atoms. The van der Waals surface area contributed by atoms with Crippen molar-refractivity contribution < 1.29 is 27.4 Å². The van der Waals surface area contributed by atoms with Gasteiger partial charge in [-0.1, -0.05) is 12.1 Å². The van der Waals surface area contributed by atoms with Gasteiger partial charge < -0.3 is 20.1 Å². The minimum Gasteiger partial charge on any atom is -0.497 e. The van der Waals surface area contributed by atoms with Crippen LogP contribution in [-0.4, -0.2) is 20.3 Å². The van der Waals surface area contributed by atoms with Gasteiger partial charge in [-0.25, -0.2) is 4.79 Å². The predicted molar refractivity (Wildman–Crippen MR) is 86.8 cm³/mol. The summed E-state index contributed by atoms with van der Waals surface area (Å²) in [4.78, 5) is 12.0. The number of nitrogens with one attached hydrogen (secondary N) is 2. The number of urea groups is 1. The second kappa shape index (κ2) is 7.78. The molecule has 0 aliphatic carbocycles. The molecule has 134 valence electrons. The Labute approximate surface area is 142 Å². The fraction of sp³-hybridized carbons (Fsp3) is 0.235. The normalized spacial score (nSPS) is 10.9. The standard InChI is InChI=1S/C17H17F3N2O3/c1-24-12-7-8-15(25-2)11(9-12)10-21-16(23)22-14-6-4-3-5-13(14)17(18,19)20/h3-9H,10H2,1-2H3,(H2,21,22,23). The molecule has 0 spiro atoms. The zero-order valence-corrected chi connectivity index (χ0v) is 13.6. The summed E-state index contributed by atoms with van der Waals surface area (Å²) < 4.78 is 49.1. The van der Waals surface area contributed by atoms with Gasteiger partial charge in [0.15, 0.2) is 0 Å². The average Bonchev–Trinajstić information content (AvgIpc) is 2.59. The van der Waals surface area contributed by atoms with Crippen LogP contribution in [0.4, 0.5) is 23.7 Å². The van der Waals surface area contributed by atoms with Gasteiger partial charge in [0, 0.05) is 12.1 Å². The van der Waals surface area contributed by atoms with Crippen LogP contribution in [0, 0.1) is 0 Å². The largest absolute Gasteiger partial charge is 0.497 e. The highest BCUT2D eigenvalue weighted by Crippen LogP contribution is 2.34. The summed E-state index contributed by atoms with van der Waals surface area (Å²) in [6.45, 7) is 0.0559. The highest BCUT2D eigenvalue weighted by molar-refractivity contribution is 5.90. The van der Waals surface area contributed by atoms with Crippen LogP contribution >= 0.6 is 0 Å². The number of ether oxygens (including phenoxy) is 2. The molecule has 0 atom stereocenters. The fourth-order valence-electron chi connectivity index (χ4n) is 2.20. The Morgan fingerprint density at radius 3 is 2.44 bits per heavy atom. The lowest BCUT2D eigenvalue weighted by Gasteiger charge is -2.15. The van der Waals surface area contributed by atoms with Gasteiger partial charge in [0.25, 0.3) is 0 Å². The molecule has 0 radical (unpaired) electrons. The van der Waals surface area contributed by atoms with E-state index in [9.17, 15) is 18.0 Å². The number of carbonyl (C=O) groups is 1. The van der Waals surface area contributed by atoms with Crippen LogP contribution in [0.15, 0.2) is 42.5 Å². The fourth-order valence-corrected chi connectivity index (χ4v) is 2.20. The Morgan fingerprint density at radius 1 is 1.08 bits per heavy atom. The van der Waals surface area contributed by atoms with Crippen molar-refractivity contribution in [1.82, 2.24) is 5.32 Å². The van der Waals surface area contributed by atoms with Crippen LogP contribution in [0.3, 0.4) is 0 Å². The van der Waals surface area contributed by atoms with Crippen LogP contribution in [0.2, 0.25) is 0 Å². The summed E-state index contributed by atoms with van der Waals surface area (Å²) in [5, 5.41) is 4.71. The number of hydrogen-bond acceptors (Lipinski definition) is 3. The van der Waals surface area contributed by atoms with E-state index in [0.717, 1.165) is 6.07 Å².